The van der Waals surface area contributed by atoms with Gasteiger partial charge >= 0.3 is 0 Å². The number of ether oxygens (including phenoxy) is 2. The summed E-state index contributed by atoms with van der Waals surface area (Å²) in [5.41, 5.74) is 3.53. The van der Waals surface area contributed by atoms with Gasteiger partial charge in [0.15, 0.2) is 0 Å². The first-order chi connectivity index (χ1) is 16.6. The van der Waals surface area contributed by atoms with E-state index >= 15 is 0 Å². The Morgan fingerprint density at radius 1 is 1.09 bits per heavy atom. The highest BCUT2D eigenvalue weighted by atomic mass is 16.5. The molecule has 6 heteroatoms. The van der Waals surface area contributed by atoms with Gasteiger partial charge in [-0.05, 0) is 80.8 Å². The van der Waals surface area contributed by atoms with Crippen LogP contribution in [0.25, 0.3) is 0 Å². The third-order valence-electron chi connectivity index (χ3n) is 6.97. The lowest BCUT2D eigenvalue weighted by atomic mass is 9.92. The number of hydrogen-bond acceptors (Lipinski definition) is 4. The van der Waals surface area contributed by atoms with Crippen LogP contribution in [0.2, 0.25) is 0 Å². The zero-order chi connectivity index (χ0) is 23.3. The lowest BCUT2D eigenvalue weighted by Gasteiger charge is -2.30. The maximum atomic E-state index is 12.3. The molecule has 1 atom stereocenters. The molecule has 2 heterocycles. The minimum absolute atomic E-state index is 0.0998. The Kier molecular flexibility index (Phi) is 6.84. The van der Waals surface area contributed by atoms with Crippen LogP contribution < -0.4 is 14.8 Å². The molecule has 1 saturated carbocycles. The summed E-state index contributed by atoms with van der Waals surface area (Å²) in [5, 5.41) is 7.43. The van der Waals surface area contributed by atoms with Gasteiger partial charge in [-0.15, -0.1) is 0 Å². The van der Waals surface area contributed by atoms with Gasteiger partial charge in [-0.25, -0.2) is 0 Å². The Labute approximate surface area is 201 Å². The third-order valence-corrected chi connectivity index (χ3v) is 6.97. The van der Waals surface area contributed by atoms with E-state index < -0.39 is 0 Å². The van der Waals surface area contributed by atoms with E-state index in [9.17, 15) is 4.79 Å². The summed E-state index contributed by atoms with van der Waals surface area (Å²) < 4.78 is 14.4. The number of amides is 1. The monoisotopic (exact) mass is 459 g/mol. The Hall–Kier alpha value is -3.28. The van der Waals surface area contributed by atoms with Crippen LogP contribution in [0, 0.1) is 6.92 Å². The van der Waals surface area contributed by atoms with Crippen molar-refractivity contribution in [2.24, 2.45) is 0 Å². The fourth-order valence-corrected chi connectivity index (χ4v) is 5.00. The molecule has 0 spiro atoms. The Morgan fingerprint density at radius 3 is 2.68 bits per heavy atom. The number of aromatic nitrogens is 2. The first-order valence-corrected chi connectivity index (χ1v) is 12.4. The number of carbonyl (C=O) groups is 1. The van der Waals surface area contributed by atoms with Gasteiger partial charge in [0.05, 0.1) is 6.10 Å². The molecule has 0 bridgehead atoms. The van der Waals surface area contributed by atoms with Gasteiger partial charge in [0.2, 0.25) is 5.91 Å². The van der Waals surface area contributed by atoms with Crippen LogP contribution in [0.5, 0.6) is 11.5 Å². The summed E-state index contributed by atoms with van der Waals surface area (Å²) in [4.78, 5) is 12.3. The average molecular weight is 460 g/mol. The zero-order valence-electron chi connectivity index (χ0n) is 19.8. The molecule has 34 heavy (non-hydrogen) atoms. The summed E-state index contributed by atoms with van der Waals surface area (Å²) in [5.74, 6) is 1.98. The smallest absolute Gasteiger partial charge is 0.222 e. The van der Waals surface area contributed by atoms with Gasteiger partial charge in [-0.2, -0.15) is 5.10 Å². The van der Waals surface area contributed by atoms with E-state index in [2.05, 4.69) is 40.7 Å². The standard InChI is InChI=1S/C28H33N3O3/c1-20-15-17-29-31(20)18-16-28(32)30-23-8-10-24(11-9-23)33-25-12-14-27-22(19-25)7-13-26(34-27)21-5-3-2-4-6-21/h2-6,12,14-15,17,19,23-24,26H,7-11,13,16,18H2,1H3,(H,30,32)/t23-,24-,26?. The van der Waals surface area contributed by atoms with E-state index in [1.165, 1.54) is 11.1 Å². The van der Waals surface area contributed by atoms with Crippen LogP contribution in [0.4, 0.5) is 0 Å². The van der Waals surface area contributed by atoms with Crippen molar-refractivity contribution in [1.82, 2.24) is 15.1 Å². The van der Waals surface area contributed by atoms with Gasteiger partial charge in [0.1, 0.15) is 17.6 Å². The molecule has 1 aliphatic carbocycles. The number of rotatable bonds is 7. The fourth-order valence-electron chi connectivity index (χ4n) is 5.00. The summed E-state index contributed by atoms with van der Waals surface area (Å²) in [6.45, 7) is 2.63. The molecule has 0 saturated heterocycles. The molecule has 3 aromatic rings. The number of aryl methyl sites for hydroxylation is 3. The Balaban J connectivity index is 1.07. The summed E-state index contributed by atoms with van der Waals surface area (Å²) in [7, 11) is 0. The molecular formula is C28H33N3O3. The predicted octanol–water partition coefficient (Wildman–Crippen LogP) is 5.15. The largest absolute Gasteiger partial charge is 0.490 e. The van der Waals surface area contributed by atoms with Crippen molar-refractivity contribution in [2.75, 3.05) is 0 Å². The highest BCUT2D eigenvalue weighted by Crippen LogP contribution is 2.37. The van der Waals surface area contributed by atoms with Crippen molar-refractivity contribution in [2.45, 2.75) is 76.7 Å². The molecule has 0 radical (unpaired) electrons. The number of nitrogens with one attached hydrogen (secondary N) is 1. The molecule has 2 aliphatic rings. The van der Waals surface area contributed by atoms with Crippen molar-refractivity contribution in [3.8, 4) is 11.5 Å². The molecule has 178 valence electrons. The molecule has 1 aromatic heterocycles. The number of fused-ring (bicyclic) bond motifs is 1. The highest BCUT2D eigenvalue weighted by molar-refractivity contribution is 5.76. The van der Waals surface area contributed by atoms with Crippen LogP contribution >= 0.6 is 0 Å². The lowest BCUT2D eigenvalue weighted by Crippen LogP contribution is -2.40. The summed E-state index contributed by atoms with van der Waals surface area (Å²) in [6, 6.07) is 18.8. The van der Waals surface area contributed by atoms with Crippen LogP contribution in [0.1, 0.15) is 61.4 Å². The first-order valence-electron chi connectivity index (χ1n) is 12.4. The Morgan fingerprint density at radius 2 is 1.91 bits per heavy atom. The maximum Gasteiger partial charge on any atom is 0.222 e. The minimum Gasteiger partial charge on any atom is -0.490 e. The normalized spacial score (nSPS) is 21.9. The van der Waals surface area contributed by atoms with E-state index in [4.69, 9.17) is 9.47 Å². The number of benzene rings is 2. The van der Waals surface area contributed by atoms with Crippen LogP contribution in [-0.2, 0) is 17.8 Å². The van der Waals surface area contributed by atoms with Crippen LogP contribution in [0.3, 0.4) is 0 Å². The van der Waals surface area contributed by atoms with Crippen molar-refractivity contribution in [3.63, 3.8) is 0 Å². The summed E-state index contributed by atoms with van der Waals surface area (Å²) >= 11 is 0. The fraction of sp³-hybridized carbons (Fsp3) is 0.429. The van der Waals surface area contributed by atoms with Crippen molar-refractivity contribution in [1.29, 1.82) is 0 Å². The molecule has 1 fully saturated rings. The topological polar surface area (TPSA) is 65.4 Å². The molecule has 1 unspecified atom stereocenters. The first kappa shape index (κ1) is 22.5. The predicted molar refractivity (Wildman–Crippen MR) is 131 cm³/mol. The molecule has 1 aliphatic heterocycles. The highest BCUT2D eigenvalue weighted by Gasteiger charge is 2.25. The van der Waals surface area contributed by atoms with Gasteiger partial charge in [-0.3, -0.25) is 9.48 Å². The lowest BCUT2D eigenvalue weighted by molar-refractivity contribution is -0.122. The Bertz CT molecular complexity index is 1100. The van der Waals surface area contributed by atoms with E-state index in [0.717, 1.165) is 55.7 Å². The molecule has 1 amide bonds. The second-order valence-corrected chi connectivity index (χ2v) is 9.43. The number of hydrogen-bond donors (Lipinski definition) is 1. The van der Waals surface area contributed by atoms with Crippen molar-refractivity contribution >= 4 is 5.91 Å². The zero-order valence-corrected chi connectivity index (χ0v) is 19.8. The maximum absolute atomic E-state index is 12.3. The van der Waals surface area contributed by atoms with Gasteiger partial charge in [0, 0.05) is 30.9 Å². The SMILES string of the molecule is Cc1ccnn1CCC(=O)N[C@H]1CC[C@H](Oc2ccc3c(c2)CCC(c2ccccc2)O3)CC1. The molecule has 2 aromatic carbocycles. The van der Waals surface area contributed by atoms with Crippen molar-refractivity contribution in [3.05, 3.63) is 77.6 Å². The van der Waals surface area contributed by atoms with Crippen molar-refractivity contribution < 1.29 is 14.3 Å². The molecule has 6 nitrogen and oxygen atoms in total. The van der Waals surface area contributed by atoms with E-state index in [1.54, 1.807) is 6.20 Å². The van der Waals surface area contributed by atoms with Gasteiger partial charge in [-0.1, -0.05) is 30.3 Å². The quantitative estimate of drug-likeness (QED) is 0.530. The van der Waals surface area contributed by atoms with Crippen LogP contribution in [-0.4, -0.2) is 27.8 Å². The minimum atomic E-state index is 0.0998. The number of nitrogens with zero attached hydrogens (tertiary/aromatic N) is 2. The van der Waals surface area contributed by atoms with E-state index in [0.29, 0.717) is 13.0 Å². The molecule has 1 N–H and O–H groups in total. The molecular weight excluding hydrogens is 426 g/mol. The second-order valence-electron chi connectivity index (χ2n) is 9.43. The third kappa shape index (κ3) is 5.44. The second kappa shape index (κ2) is 10.3. The molecule has 5 rings (SSSR count). The number of carbonyl (C=O) groups excluding carboxylic acids is 1. The van der Waals surface area contributed by atoms with E-state index in [1.807, 2.05) is 35.9 Å². The average Bonchev–Trinajstić information content (AvgIpc) is 3.29. The van der Waals surface area contributed by atoms with Crippen LogP contribution in [0.15, 0.2) is 60.8 Å². The summed E-state index contributed by atoms with van der Waals surface area (Å²) in [6.07, 6.45) is 8.31. The van der Waals surface area contributed by atoms with Gasteiger partial charge < -0.3 is 14.8 Å². The van der Waals surface area contributed by atoms with E-state index in [-0.39, 0.29) is 24.2 Å². The van der Waals surface area contributed by atoms with Gasteiger partial charge in [0.25, 0.3) is 0 Å².